The van der Waals surface area contributed by atoms with E-state index in [0.717, 1.165) is 24.9 Å². The molecule has 0 aliphatic heterocycles. The van der Waals surface area contributed by atoms with Crippen molar-refractivity contribution in [1.29, 1.82) is 0 Å². The average molecular weight is 282 g/mol. The summed E-state index contributed by atoms with van der Waals surface area (Å²) < 4.78 is 0. The lowest BCUT2D eigenvalue weighted by Crippen LogP contribution is -2.43. The fourth-order valence-corrected chi connectivity index (χ4v) is 3.24. The van der Waals surface area contributed by atoms with Crippen LogP contribution in [-0.4, -0.2) is 26.0 Å². The number of carbonyl (C=O) groups is 1. The average Bonchev–Trinajstić information content (AvgIpc) is 2.37. The van der Waals surface area contributed by atoms with Crippen molar-refractivity contribution < 1.29 is 4.79 Å². The van der Waals surface area contributed by atoms with Crippen molar-refractivity contribution in [2.45, 2.75) is 60.3 Å². The van der Waals surface area contributed by atoms with Gasteiger partial charge in [0.25, 0.3) is 0 Å². The Morgan fingerprint density at radius 2 is 1.60 bits per heavy atom. The topological polar surface area (TPSA) is 41.1 Å². The van der Waals surface area contributed by atoms with E-state index in [1.807, 2.05) is 13.8 Å². The first kappa shape index (κ1) is 17.5. The van der Waals surface area contributed by atoms with E-state index in [0.29, 0.717) is 5.41 Å². The first-order chi connectivity index (χ1) is 9.16. The van der Waals surface area contributed by atoms with Crippen molar-refractivity contribution in [2.75, 3.05) is 20.1 Å². The first-order valence-electron chi connectivity index (χ1n) is 8.09. The molecule has 2 N–H and O–H groups in total. The van der Waals surface area contributed by atoms with Crippen LogP contribution in [0.1, 0.15) is 60.3 Å². The molecule has 1 aliphatic rings. The molecule has 1 saturated carbocycles. The van der Waals surface area contributed by atoms with E-state index in [2.05, 4.69) is 31.4 Å². The zero-order chi connectivity index (χ0) is 15.4. The minimum absolute atomic E-state index is 0.112. The van der Waals surface area contributed by atoms with Gasteiger partial charge in [-0.1, -0.05) is 20.8 Å². The molecule has 0 aromatic heterocycles. The molecule has 0 unspecified atom stereocenters. The van der Waals surface area contributed by atoms with Crippen LogP contribution in [0.5, 0.6) is 0 Å². The zero-order valence-corrected chi connectivity index (χ0v) is 14.3. The Morgan fingerprint density at radius 1 is 1.05 bits per heavy atom. The van der Waals surface area contributed by atoms with Crippen molar-refractivity contribution in [3.63, 3.8) is 0 Å². The number of rotatable bonds is 5. The van der Waals surface area contributed by atoms with Crippen molar-refractivity contribution >= 4 is 5.91 Å². The monoisotopic (exact) mass is 282 g/mol. The molecule has 0 spiro atoms. The molecule has 0 radical (unpaired) electrons. The fourth-order valence-electron chi connectivity index (χ4n) is 3.24. The standard InChI is InChI=1S/C17H34N2O/c1-16(2,3)14-9-7-13(8-10-14)11-19-12-17(4,5)15(20)18-6/h13-14,19H,7-12H2,1-6H3,(H,18,20). The van der Waals surface area contributed by atoms with Gasteiger partial charge >= 0.3 is 0 Å². The quantitative estimate of drug-likeness (QED) is 0.813. The van der Waals surface area contributed by atoms with Crippen LogP contribution in [0.25, 0.3) is 0 Å². The second-order valence-electron chi connectivity index (χ2n) is 8.18. The number of amides is 1. The molecule has 0 aromatic rings. The van der Waals surface area contributed by atoms with Gasteiger partial charge in [0, 0.05) is 13.6 Å². The van der Waals surface area contributed by atoms with E-state index in [-0.39, 0.29) is 11.3 Å². The van der Waals surface area contributed by atoms with Crippen LogP contribution < -0.4 is 10.6 Å². The van der Waals surface area contributed by atoms with Crippen molar-refractivity contribution in [1.82, 2.24) is 10.6 Å². The molecule has 0 aromatic carbocycles. The molecule has 1 rings (SSSR count). The number of hydrogen-bond acceptors (Lipinski definition) is 2. The molecule has 3 heteroatoms. The minimum Gasteiger partial charge on any atom is -0.359 e. The van der Waals surface area contributed by atoms with E-state index in [9.17, 15) is 4.79 Å². The van der Waals surface area contributed by atoms with Crippen molar-refractivity contribution in [3.8, 4) is 0 Å². The van der Waals surface area contributed by atoms with E-state index in [1.54, 1.807) is 7.05 Å². The summed E-state index contributed by atoms with van der Waals surface area (Å²) in [7, 11) is 1.71. The number of carbonyl (C=O) groups excluding carboxylic acids is 1. The van der Waals surface area contributed by atoms with Gasteiger partial charge < -0.3 is 10.6 Å². The van der Waals surface area contributed by atoms with Gasteiger partial charge in [0.05, 0.1) is 5.41 Å². The van der Waals surface area contributed by atoms with E-state index >= 15 is 0 Å². The highest BCUT2D eigenvalue weighted by atomic mass is 16.2. The molecule has 0 saturated heterocycles. The summed E-state index contributed by atoms with van der Waals surface area (Å²) in [6.07, 6.45) is 5.37. The zero-order valence-electron chi connectivity index (χ0n) is 14.3. The van der Waals surface area contributed by atoms with Gasteiger partial charge in [-0.2, -0.15) is 0 Å². The van der Waals surface area contributed by atoms with Crippen LogP contribution in [-0.2, 0) is 4.79 Å². The normalized spacial score (nSPS) is 24.5. The second-order valence-corrected chi connectivity index (χ2v) is 8.18. The second kappa shape index (κ2) is 6.93. The van der Waals surface area contributed by atoms with Crippen LogP contribution in [0, 0.1) is 22.7 Å². The molecular formula is C17H34N2O. The largest absolute Gasteiger partial charge is 0.359 e. The predicted octanol–water partition coefficient (Wildman–Crippen LogP) is 3.20. The summed E-state index contributed by atoms with van der Waals surface area (Å²) in [4.78, 5) is 11.7. The Hall–Kier alpha value is -0.570. The number of nitrogens with one attached hydrogen (secondary N) is 2. The summed E-state index contributed by atoms with van der Waals surface area (Å²) in [5, 5.41) is 6.24. The van der Waals surface area contributed by atoms with Gasteiger partial charge in [0.1, 0.15) is 0 Å². The van der Waals surface area contributed by atoms with Gasteiger partial charge in [0.2, 0.25) is 5.91 Å². The Kier molecular flexibility index (Phi) is 6.06. The van der Waals surface area contributed by atoms with Gasteiger partial charge in [-0.25, -0.2) is 0 Å². The molecule has 0 bridgehead atoms. The highest BCUT2D eigenvalue weighted by Crippen LogP contribution is 2.39. The molecule has 0 atom stereocenters. The third-order valence-electron chi connectivity index (χ3n) is 4.91. The Bertz CT molecular complexity index is 309. The lowest BCUT2D eigenvalue weighted by atomic mass is 9.70. The van der Waals surface area contributed by atoms with Gasteiger partial charge in [-0.3, -0.25) is 4.79 Å². The van der Waals surface area contributed by atoms with Crippen LogP contribution in [0.3, 0.4) is 0 Å². The van der Waals surface area contributed by atoms with Gasteiger partial charge in [-0.15, -0.1) is 0 Å². The summed E-state index contributed by atoms with van der Waals surface area (Å²) in [6.45, 7) is 12.9. The first-order valence-corrected chi connectivity index (χ1v) is 8.09. The molecule has 0 heterocycles. The van der Waals surface area contributed by atoms with E-state index in [1.165, 1.54) is 25.7 Å². The SMILES string of the molecule is CNC(=O)C(C)(C)CNCC1CCC(C(C)(C)C)CC1. The molecule has 1 aliphatic carbocycles. The van der Waals surface area contributed by atoms with Crippen molar-refractivity contribution in [2.24, 2.45) is 22.7 Å². The Balaban J connectivity index is 2.27. The third-order valence-corrected chi connectivity index (χ3v) is 4.91. The van der Waals surface area contributed by atoms with Crippen LogP contribution in [0.2, 0.25) is 0 Å². The smallest absolute Gasteiger partial charge is 0.226 e. The molecule has 118 valence electrons. The molecule has 1 amide bonds. The summed E-state index contributed by atoms with van der Waals surface area (Å²) in [5.41, 5.74) is 0.136. The molecular weight excluding hydrogens is 248 g/mol. The van der Waals surface area contributed by atoms with Gasteiger partial charge in [0.15, 0.2) is 0 Å². The third kappa shape index (κ3) is 5.08. The van der Waals surface area contributed by atoms with Gasteiger partial charge in [-0.05, 0) is 63.3 Å². The summed E-state index contributed by atoms with van der Waals surface area (Å²) in [6, 6.07) is 0. The van der Waals surface area contributed by atoms with E-state index in [4.69, 9.17) is 0 Å². The Morgan fingerprint density at radius 3 is 2.05 bits per heavy atom. The molecule has 3 nitrogen and oxygen atoms in total. The minimum atomic E-state index is -0.322. The van der Waals surface area contributed by atoms with E-state index < -0.39 is 0 Å². The molecule has 1 fully saturated rings. The number of hydrogen-bond donors (Lipinski definition) is 2. The Labute approximate surface area is 125 Å². The van der Waals surface area contributed by atoms with Crippen LogP contribution in [0.15, 0.2) is 0 Å². The predicted molar refractivity (Wildman–Crippen MR) is 85.6 cm³/mol. The van der Waals surface area contributed by atoms with Crippen molar-refractivity contribution in [3.05, 3.63) is 0 Å². The lowest BCUT2D eigenvalue weighted by Gasteiger charge is -2.37. The highest BCUT2D eigenvalue weighted by molar-refractivity contribution is 5.81. The molecule has 20 heavy (non-hydrogen) atoms. The fraction of sp³-hybridized carbons (Fsp3) is 0.941. The summed E-state index contributed by atoms with van der Waals surface area (Å²) in [5.74, 6) is 1.77. The maximum atomic E-state index is 11.7. The maximum absolute atomic E-state index is 11.7. The maximum Gasteiger partial charge on any atom is 0.226 e. The van der Waals surface area contributed by atoms with Crippen LogP contribution in [0.4, 0.5) is 0 Å². The lowest BCUT2D eigenvalue weighted by molar-refractivity contribution is -0.128. The van der Waals surface area contributed by atoms with Crippen LogP contribution >= 0.6 is 0 Å². The summed E-state index contributed by atoms with van der Waals surface area (Å²) >= 11 is 0. The highest BCUT2D eigenvalue weighted by Gasteiger charge is 2.30.